The summed E-state index contributed by atoms with van der Waals surface area (Å²) in [4.78, 5) is 0. The molecule has 0 radical (unpaired) electrons. The molecule has 0 nitrogen and oxygen atoms in total. The smallest absolute Gasteiger partial charge is 0.0105 e. The molecule has 692 valence electrons. The largest absolute Gasteiger partial charge is 0.0683 e. The molecule has 0 amide bonds. The quantitative estimate of drug-likeness (QED) is 0.140. The van der Waals surface area contributed by atoms with Crippen LogP contribution in [0.3, 0.4) is 0 Å². The monoisotopic (exact) mass is 1750 g/mol. The van der Waals surface area contributed by atoms with Crippen LogP contribution in [0.2, 0.25) is 0 Å². The Kier molecular flexibility index (Phi) is 75.9. The van der Waals surface area contributed by atoms with Crippen LogP contribution in [0.25, 0.3) is 132 Å². The highest BCUT2D eigenvalue weighted by molar-refractivity contribution is 6.07. The van der Waals surface area contributed by atoms with Crippen molar-refractivity contribution in [3.63, 3.8) is 0 Å². The van der Waals surface area contributed by atoms with Gasteiger partial charge >= 0.3 is 0 Å². The number of benzene rings is 19. The van der Waals surface area contributed by atoms with Crippen LogP contribution in [-0.2, 0) is 0 Å². The molecule has 0 aliphatic rings. The van der Waals surface area contributed by atoms with E-state index in [1.165, 1.54) is 132 Å². The molecule has 0 saturated heterocycles. The predicted molar refractivity (Wildman–Crippen MR) is 610 cm³/mol. The van der Waals surface area contributed by atoms with E-state index >= 15 is 0 Å². The fraction of sp³-hybridized carbons (Fsp3) is 0.212. The Morgan fingerprint density at radius 1 is 0.0833 bits per heavy atom. The van der Waals surface area contributed by atoms with Crippen LogP contribution in [0.4, 0.5) is 0 Å². The molecule has 132 heavy (non-hydrogen) atoms. The van der Waals surface area contributed by atoms with E-state index in [-0.39, 0.29) is 0 Å². The van der Waals surface area contributed by atoms with Gasteiger partial charge in [-0.15, -0.1) is 0 Å². The summed E-state index contributed by atoms with van der Waals surface area (Å²) in [5.41, 5.74) is 17.8. The highest BCUT2D eigenvalue weighted by Gasteiger charge is 2.05. The van der Waals surface area contributed by atoms with Gasteiger partial charge in [0.05, 0.1) is 0 Å². The van der Waals surface area contributed by atoms with Crippen LogP contribution in [0, 0.1) is 0 Å². The molecule has 0 unspecified atom stereocenters. The van der Waals surface area contributed by atoms with Crippen molar-refractivity contribution in [3.05, 3.63) is 485 Å². The number of hydrogen-bond acceptors (Lipinski definition) is 0. The topological polar surface area (TPSA) is 0 Å². The van der Waals surface area contributed by atoms with Crippen LogP contribution >= 0.6 is 0 Å². The van der Waals surface area contributed by atoms with Crippen molar-refractivity contribution in [1.82, 2.24) is 0 Å². The van der Waals surface area contributed by atoms with E-state index in [0.717, 1.165) is 0 Å². The molecular formula is C132H164. The van der Waals surface area contributed by atoms with Gasteiger partial charge in [-0.1, -0.05) is 667 Å². The highest BCUT2D eigenvalue weighted by Crippen LogP contribution is 2.31. The van der Waals surface area contributed by atoms with E-state index in [0.29, 0.717) is 0 Å². The van der Waals surface area contributed by atoms with Gasteiger partial charge in [0.15, 0.2) is 0 Å². The molecule has 0 atom stereocenters. The Balaban J connectivity index is 0. The second-order valence-corrected chi connectivity index (χ2v) is 25.0. The third kappa shape index (κ3) is 43.7. The van der Waals surface area contributed by atoms with Crippen molar-refractivity contribution >= 4 is 53.9 Å². The van der Waals surface area contributed by atoms with Crippen molar-refractivity contribution in [3.8, 4) is 77.9 Å². The van der Waals surface area contributed by atoms with Crippen LogP contribution < -0.4 is 0 Å². The summed E-state index contributed by atoms with van der Waals surface area (Å²) in [6.07, 6.45) is 0. The molecule has 0 heteroatoms. The van der Waals surface area contributed by atoms with Gasteiger partial charge in [0.2, 0.25) is 0 Å². The third-order valence-electron chi connectivity index (χ3n) is 18.1. The predicted octanol–water partition coefficient (Wildman–Crippen LogP) is 43.6. The van der Waals surface area contributed by atoms with Crippen LogP contribution in [-0.4, -0.2) is 0 Å². The standard InChI is InChI=1S/2C18H14.2C16H12.C14H10.C12H10.C10H8.14C2H6/c1-3-8-15(9-4-1)17-12-7-13-18(14-17)16-10-5-2-6-11-16;1-3-7-15(8-4-1)17-11-13-18(14-12-17)16-9-5-2-6-10-16;1-2-7-13(8-3-1)16-12-6-10-14-9-4-5-11-15(14)16;1-2-6-13(7-3-1)16-11-10-14-8-4-5-9-15(14)12-16;1-3-7-13-11(5-1)9-10-12-6-2-4-8-14(12)13;1-3-7-11(8-4-1)12-9-5-2-6-10-12;1-2-6-10-8-4-3-7-9(10)5-1;14*1-2/h2*1-14H;2*1-12H;1-10H;1-10H;1-8H;14*1-2H3. The molecule has 0 aliphatic carbocycles. The molecule has 0 heterocycles. The Bertz CT molecular complexity index is 5440. The van der Waals surface area contributed by atoms with Crippen molar-refractivity contribution in [2.75, 3.05) is 0 Å². The van der Waals surface area contributed by atoms with Crippen molar-refractivity contribution in [2.24, 2.45) is 0 Å². The van der Waals surface area contributed by atoms with E-state index in [2.05, 4.69) is 443 Å². The summed E-state index contributed by atoms with van der Waals surface area (Å²) in [5.74, 6) is 0. The van der Waals surface area contributed by atoms with Crippen molar-refractivity contribution in [1.29, 1.82) is 0 Å². The Labute approximate surface area is 805 Å². The minimum atomic E-state index is 1.26. The maximum Gasteiger partial charge on any atom is -0.0105 e. The zero-order valence-corrected chi connectivity index (χ0v) is 86.2. The molecule has 0 N–H and O–H groups in total. The van der Waals surface area contributed by atoms with Gasteiger partial charge in [-0.3, -0.25) is 0 Å². The second kappa shape index (κ2) is 83.1. The Morgan fingerprint density at radius 2 is 0.235 bits per heavy atom. The number of hydrogen-bond donors (Lipinski definition) is 0. The van der Waals surface area contributed by atoms with E-state index in [9.17, 15) is 0 Å². The minimum absolute atomic E-state index is 1.26. The van der Waals surface area contributed by atoms with Gasteiger partial charge in [0.1, 0.15) is 0 Å². The molecule has 0 aliphatic heterocycles. The highest BCUT2D eigenvalue weighted by atomic mass is 14.1. The van der Waals surface area contributed by atoms with Gasteiger partial charge in [-0.25, -0.2) is 0 Å². The maximum atomic E-state index is 2.24. The van der Waals surface area contributed by atoms with Crippen LogP contribution in [0.15, 0.2) is 485 Å². The van der Waals surface area contributed by atoms with Gasteiger partial charge in [0, 0.05) is 0 Å². The lowest BCUT2D eigenvalue weighted by molar-refractivity contribution is 1.50. The molecule has 0 bridgehead atoms. The average molecular weight is 1750 g/mol. The average Bonchev–Trinajstić information content (AvgIpc) is 0.812. The molecular weight excluding hydrogens is 1590 g/mol. The van der Waals surface area contributed by atoms with Gasteiger partial charge < -0.3 is 0 Å². The third-order valence-corrected chi connectivity index (χ3v) is 18.1. The number of rotatable bonds is 7. The first-order valence-electron chi connectivity index (χ1n) is 49.5. The summed E-state index contributed by atoms with van der Waals surface area (Å²) in [7, 11) is 0. The lowest BCUT2D eigenvalue weighted by atomic mass is 9.98. The molecule has 19 aromatic carbocycles. The fourth-order valence-corrected chi connectivity index (χ4v) is 12.7. The maximum absolute atomic E-state index is 2.24. The molecule has 19 aromatic rings. The summed E-state index contributed by atoms with van der Waals surface area (Å²) in [6.45, 7) is 56.0. The van der Waals surface area contributed by atoms with Crippen LogP contribution in [0.5, 0.6) is 0 Å². The van der Waals surface area contributed by atoms with Crippen LogP contribution in [0.1, 0.15) is 194 Å². The molecule has 19 rings (SSSR count). The summed E-state index contributed by atoms with van der Waals surface area (Å²) >= 11 is 0. The number of fused-ring (bicyclic) bond motifs is 6. The van der Waals surface area contributed by atoms with E-state index in [4.69, 9.17) is 0 Å². The van der Waals surface area contributed by atoms with Crippen molar-refractivity contribution in [2.45, 2.75) is 194 Å². The zero-order valence-electron chi connectivity index (χ0n) is 86.2. The van der Waals surface area contributed by atoms with Gasteiger partial charge in [-0.05, 0) is 144 Å². The lowest BCUT2D eigenvalue weighted by Crippen LogP contribution is -1.80. The second-order valence-electron chi connectivity index (χ2n) is 25.0. The Hall–Kier alpha value is -13.5. The first-order chi connectivity index (χ1) is 65.6. The minimum Gasteiger partial charge on any atom is -0.0683 e. The van der Waals surface area contributed by atoms with Gasteiger partial charge in [0.25, 0.3) is 0 Å². The fourth-order valence-electron chi connectivity index (χ4n) is 12.7. The zero-order chi connectivity index (χ0) is 98.4. The lowest BCUT2D eigenvalue weighted by Gasteiger charge is -2.06. The molecule has 0 aromatic heterocycles. The van der Waals surface area contributed by atoms with Gasteiger partial charge in [-0.2, -0.15) is 0 Å². The molecule has 0 fully saturated rings. The van der Waals surface area contributed by atoms with E-state index < -0.39 is 0 Å². The van der Waals surface area contributed by atoms with E-state index in [1.54, 1.807) is 0 Å². The summed E-state index contributed by atoms with van der Waals surface area (Å²) < 4.78 is 0. The summed E-state index contributed by atoms with van der Waals surface area (Å²) in [5, 5.41) is 13.1. The van der Waals surface area contributed by atoms with E-state index in [1.807, 2.05) is 236 Å². The normalized spacial score (nSPS) is 8.76. The summed E-state index contributed by atoms with van der Waals surface area (Å²) in [6, 6.07) is 169. The molecule has 0 spiro atoms. The first kappa shape index (κ1) is 121. The first-order valence-corrected chi connectivity index (χ1v) is 49.5. The molecule has 0 saturated carbocycles. The van der Waals surface area contributed by atoms with Crippen molar-refractivity contribution < 1.29 is 0 Å². The Morgan fingerprint density at radius 3 is 0.508 bits per heavy atom. The SMILES string of the molecule is CC.CC.CC.CC.CC.CC.CC.CC.CC.CC.CC.CC.CC.CC.c1ccc(-c2ccc(-c3ccccc3)cc2)cc1.c1ccc(-c2ccc3ccccc3c2)cc1.c1ccc(-c2cccc(-c3ccccc3)c2)cc1.c1ccc(-c2cccc3ccccc23)cc1.c1ccc(-c2ccccc2)cc1.c1ccc2c(c1)ccc1ccccc12.c1ccc2ccccc2c1.